The average molecular weight is 335 g/mol. The summed E-state index contributed by atoms with van der Waals surface area (Å²) in [5, 5.41) is 5.11. The second-order valence-corrected chi connectivity index (χ2v) is 7.02. The zero-order valence-corrected chi connectivity index (χ0v) is 13.3. The Morgan fingerprint density at radius 1 is 1.41 bits per heavy atom. The van der Waals surface area contributed by atoms with Crippen LogP contribution >= 0.6 is 11.6 Å². The van der Waals surface area contributed by atoms with Gasteiger partial charge in [-0.05, 0) is 25.2 Å². The fraction of sp³-hybridized carbons (Fsp3) is 0.929. The summed E-state index contributed by atoms with van der Waals surface area (Å²) >= 11 is 5.80. The van der Waals surface area contributed by atoms with Crippen molar-refractivity contribution in [2.24, 2.45) is 5.92 Å². The normalized spacial score (nSPS) is 40.0. The van der Waals surface area contributed by atoms with Crippen molar-refractivity contribution in [3.8, 4) is 0 Å². The van der Waals surface area contributed by atoms with Crippen molar-refractivity contribution in [3.05, 3.63) is 0 Å². The van der Waals surface area contributed by atoms with Gasteiger partial charge in [-0.2, -0.15) is 5.48 Å². The van der Waals surface area contributed by atoms with Crippen LogP contribution in [0.4, 0.5) is 4.39 Å². The van der Waals surface area contributed by atoms with Gasteiger partial charge in [0.2, 0.25) is 5.91 Å². The number of hydrogen-bond donors (Lipinski definition) is 3. The molecule has 126 valence electrons. The van der Waals surface area contributed by atoms with Crippen molar-refractivity contribution in [2.45, 2.75) is 55.9 Å². The zero-order valence-electron chi connectivity index (χ0n) is 12.6. The van der Waals surface area contributed by atoms with Gasteiger partial charge in [0.1, 0.15) is 12.2 Å². The Bertz CT molecular complexity index is 403. The van der Waals surface area contributed by atoms with Crippen LogP contribution in [0.3, 0.4) is 0 Å². The number of nitrogens with one attached hydrogen (secondary N) is 3. The summed E-state index contributed by atoms with van der Waals surface area (Å²) < 4.78 is 13.4. The lowest BCUT2D eigenvalue weighted by molar-refractivity contribution is -0.124. The molecule has 6 nitrogen and oxygen atoms in total. The Kier molecular flexibility index (Phi) is 5.51. The zero-order chi connectivity index (χ0) is 15.5. The Hall–Kier alpha value is -0.470. The van der Waals surface area contributed by atoms with Gasteiger partial charge in [0.15, 0.2) is 5.56 Å². The molecule has 1 aliphatic carbocycles. The Labute approximate surface area is 135 Å². The molecule has 0 bridgehead atoms. The van der Waals surface area contributed by atoms with Crippen molar-refractivity contribution >= 4 is 17.5 Å². The van der Waals surface area contributed by atoms with Gasteiger partial charge in [-0.25, -0.2) is 9.40 Å². The highest BCUT2D eigenvalue weighted by Gasteiger charge is 2.33. The lowest BCUT2D eigenvalue weighted by Crippen LogP contribution is -2.47. The molecule has 22 heavy (non-hydrogen) atoms. The van der Waals surface area contributed by atoms with Gasteiger partial charge in [-0.15, -0.1) is 0 Å². The maximum Gasteiger partial charge on any atom is 0.239 e. The third kappa shape index (κ3) is 4.29. The lowest BCUT2D eigenvalue weighted by Gasteiger charge is -2.28. The van der Waals surface area contributed by atoms with Crippen LogP contribution < -0.4 is 16.2 Å². The van der Waals surface area contributed by atoms with Crippen LogP contribution in [0.1, 0.15) is 32.1 Å². The van der Waals surface area contributed by atoms with E-state index in [1.54, 1.807) is 0 Å². The highest BCUT2D eigenvalue weighted by atomic mass is 35.5. The third-order valence-electron chi connectivity index (χ3n) is 4.62. The van der Waals surface area contributed by atoms with Crippen LogP contribution in [-0.2, 0) is 9.63 Å². The Balaban J connectivity index is 1.39. The van der Waals surface area contributed by atoms with E-state index in [2.05, 4.69) is 21.2 Å². The monoisotopic (exact) mass is 334 g/mol. The first-order chi connectivity index (χ1) is 10.6. The van der Waals surface area contributed by atoms with E-state index < -0.39 is 11.7 Å². The van der Waals surface area contributed by atoms with Gasteiger partial charge >= 0.3 is 0 Å². The first-order valence-corrected chi connectivity index (χ1v) is 8.52. The summed E-state index contributed by atoms with van der Waals surface area (Å²) in [5.41, 5.74) is 5.48. The molecule has 1 saturated carbocycles. The van der Waals surface area contributed by atoms with Crippen LogP contribution in [-0.4, -0.2) is 54.4 Å². The summed E-state index contributed by atoms with van der Waals surface area (Å²) in [4.78, 5) is 17.1. The molecule has 0 radical (unpaired) electrons. The van der Waals surface area contributed by atoms with Crippen LogP contribution in [0.2, 0.25) is 0 Å². The fourth-order valence-corrected chi connectivity index (χ4v) is 3.70. The summed E-state index contributed by atoms with van der Waals surface area (Å²) in [7, 11) is 0. The van der Waals surface area contributed by atoms with E-state index in [1.165, 1.54) is 0 Å². The van der Waals surface area contributed by atoms with Gasteiger partial charge in [-0.1, -0.05) is 18.0 Å². The summed E-state index contributed by atoms with van der Waals surface area (Å²) in [6.07, 6.45) is 3.27. The SMILES string of the molecule is O=C(NC1CNN(CC2CCCC(F)C2)C1)C1CC(Cl)ON1. The summed E-state index contributed by atoms with van der Waals surface area (Å²) in [5.74, 6) is 0.325. The quantitative estimate of drug-likeness (QED) is 0.660. The Morgan fingerprint density at radius 2 is 2.27 bits per heavy atom. The number of hydrazine groups is 1. The van der Waals surface area contributed by atoms with E-state index >= 15 is 0 Å². The molecule has 2 aliphatic heterocycles. The first-order valence-electron chi connectivity index (χ1n) is 8.08. The molecule has 3 fully saturated rings. The molecule has 0 aromatic carbocycles. The van der Waals surface area contributed by atoms with Gasteiger partial charge in [-0.3, -0.25) is 15.1 Å². The second-order valence-electron chi connectivity index (χ2n) is 6.54. The highest BCUT2D eigenvalue weighted by molar-refractivity contribution is 6.20. The minimum atomic E-state index is -0.645. The smallest absolute Gasteiger partial charge is 0.239 e. The van der Waals surface area contributed by atoms with Gasteiger partial charge in [0.05, 0.1) is 6.04 Å². The van der Waals surface area contributed by atoms with E-state index in [9.17, 15) is 9.18 Å². The van der Waals surface area contributed by atoms with Crippen molar-refractivity contribution in [2.75, 3.05) is 19.6 Å². The molecule has 3 N–H and O–H groups in total. The minimum Gasteiger partial charge on any atom is -0.349 e. The molecule has 5 unspecified atom stereocenters. The number of carbonyl (C=O) groups is 1. The van der Waals surface area contributed by atoms with Crippen LogP contribution in [0, 0.1) is 5.92 Å². The minimum absolute atomic E-state index is 0.0634. The highest BCUT2D eigenvalue weighted by Crippen LogP contribution is 2.27. The summed E-state index contributed by atoms with van der Waals surface area (Å²) in [6, 6.07) is -0.323. The van der Waals surface area contributed by atoms with E-state index in [-0.39, 0.29) is 18.0 Å². The Morgan fingerprint density at radius 3 is 3.00 bits per heavy atom. The van der Waals surface area contributed by atoms with Crippen molar-refractivity contribution in [1.29, 1.82) is 0 Å². The van der Waals surface area contributed by atoms with Crippen molar-refractivity contribution in [3.63, 3.8) is 0 Å². The van der Waals surface area contributed by atoms with E-state index in [0.717, 1.165) is 25.9 Å². The molecular weight excluding hydrogens is 311 g/mol. The second kappa shape index (κ2) is 7.40. The predicted molar refractivity (Wildman–Crippen MR) is 80.6 cm³/mol. The van der Waals surface area contributed by atoms with Crippen LogP contribution in [0.15, 0.2) is 0 Å². The molecule has 0 aromatic rings. The molecule has 0 spiro atoms. The number of nitrogens with zero attached hydrogens (tertiary/aromatic N) is 1. The number of rotatable bonds is 4. The molecule has 3 aliphatic rings. The van der Waals surface area contributed by atoms with Crippen molar-refractivity contribution < 1.29 is 14.0 Å². The first kappa shape index (κ1) is 16.4. The average Bonchev–Trinajstić information content (AvgIpc) is 3.08. The number of hydrogen-bond acceptors (Lipinski definition) is 5. The van der Waals surface area contributed by atoms with Gasteiger partial charge in [0, 0.05) is 26.1 Å². The molecule has 0 aromatic heterocycles. The van der Waals surface area contributed by atoms with Crippen molar-refractivity contribution in [1.82, 2.24) is 21.2 Å². The molecule has 3 rings (SSSR count). The fourth-order valence-electron chi connectivity index (χ4n) is 3.47. The summed E-state index contributed by atoms with van der Waals surface area (Å²) in [6.45, 7) is 2.30. The van der Waals surface area contributed by atoms with Gasteiger partial charge in [0.25, 0.3) is 0 Å². The lowest BCUT2D eigenvalue weighted by atomic mass is 9.88. The molecule has 2 saturated heterocycles. The number of amides is 1. The molecule has 8 heteroatoms. The number of halogens is 2. The van der Waals surface area contributed by atoms with E-state index in [0.29, 0.717) is 31.7 Å². The molecular formula is C14H24ClFN4O2. The maximum atomic E-state index is 13.4. The topological polar surface area (TPSA) is 65.6 Å². The van der Waals surface area contributed by atoms with Crippen LogP contribution in [0.5, 0.6) is 0 Å². The van der Waals surface area contributed by atoms with E-state index in [1.807, 2.05) is 0 Å². The van der Waals surface area contributed by atoms with Crippen LogP contribution in [0.25, 0.3) is 0 Å². The number of hydroxylamine groups is 1. The largest absolute Gasteiger partial charge is 0.349 e. The molecule has 2 heterocycles. The number of alkyl halides is 2. The third-order valence-corrected chi connectivity index (χ3v) is 4.89. The molecule has 1 amide bonds. The van der Waals surface area contributed by atoms with Gasteiger partial charge < -0.3 is 5.32 Å². The standard InChI is InChI=1S/C14H24ClFN4O2/c15-13-5-12(19-22-13)14(21)18-11-6-17-20(8-11)7-9-2-1-3-10(16)4-9/h9-13,17,19H,1-8H2,(H,18,21). The number of carbonyl (C=O) groups excluding carboxylic acids is 1. The maximum absolute atomic E-state index is 13.4. The van der Waals surface area contributed by atoms with E-state index in [4.69, 9.17) is 16.4 Å². The predicted octanol–water partition coefficient (Wildman–Crippen LogP) is 0.678. The molecule has 5 atom stereocenters.